The Morgan fingerprint density at radius 3 is 2.97 bits per heavy atom. The molecule has 3 heterocycles. The minimum Gasteiger partial charge on any atom is -0.390 e. The lowest BCUT2D eigenvalue weighted by molar-refractivity contribution is -0.0235. The Balaban J connectivity index is 1.46. The average Bonchev–Trinajstić information content (AvgIpc) is 3.23. The van der Waals surface area contributed by atoms with Gasteiger partial charge in [-0.15, -0.1) is 5.10 Å². The number of anilines is 1. The molecule has 29 heavy (non-hydrogen) atoms. The zero-order valence-electron chi connectivity index (χ0n) is 15.6. The van der Waals surface area contributed by atoms with Crippen LogP contribution in [0.4, 0.5) is 14.7 Å². The van der Waals surface area contributed by atoms with Crippen molar-refractivity contribution in [2.75, 3.05) is 5.32 Å². The van der Waals surface area contributed by atoms with Crippen LogP contribution in [0, 0.1) is 0 Å². The van der Waals surface area contributed by atoms with Gasteiger partial charge in [-0.2, -0.15) is 4.98 Å². The molecular formula is C19H19F2N7O. The number of rotatable bonds is 5. The summed E-state index contributed by atoms with van der Waals surface area (Å²) >= 11 is 0. The van der Waals surface area contributed by atoms with Gasteiger partial charge in [-0.05, 0) is 37.5 Å². The van der Waals surface area contributed by atoms with Crippen molar-refractivity contribution >= 4 is 28.0 Å². The Labute approximate surface area is 164 Å². The van der Waals surface area contributed by atoms with Crippen molar-refractivity contribution in [2.45, 2.75) is 44.4 Å². The number of H-pyrrole nitrogens is 1. The Hall–Kier alpha value is -3.14. The van der Waals surface area contributed by atoms with Crippen LogP contribution < -0.4 is 5.32 Å². The number of halogens is 2. The molecule has 150 valence electrons. The first-order valence-corrected chi connectivity index (χ1v) is 9.33. The van der Waals surface area contributed by atoms with Gasteiger partial charge in [0.15, 0.2) is 0 Å². The summed E-state index contributed by atoms with van der Waals surface area (Å²) in [6, 6.07) is 5.58. The normalized spacial score (nSPS) is 21.8. The fourth-order valence-electron chi connectivity index (χ4n) is 3.90. The Kier molecular flexibility index (Phi) is 3.98. The van der Waals surface area contributed by atoms with Gasteiger partial charge in [0, 0.05) is 29.4 Å². The first-order valence-electron chi connectivity index (χ1n) is 9.33. The lowest BCUT2D eigenvalue weighted by atomic mass is 9.77. The monoisotopic (exact) mass is 399 g/mol. The van der Waals surface area contributed by atoms with E-state index < -0.39 is 18.6 Å². The van der Waals surface area contributed by atoms with Gasteiger partial charge in [0.25, 0.3) is 6.43 Å². The third kappa shape index (κ3) is 3.29. The van der Waals surface area contributed by atoms with Crippen LogP contribution in [0.25, 0.3) is 33.2 Å². The molecule has 0 unspecified atom stereocenters. The number of nitrogens with one attached hydrogen (secondary N) is 2. The van der Waals surface area contributed by atoms with Crippen molar-refractivity contribution in [3.8, 4) is 11.1 Å². The summed E-state index contributed by atoms with van der Waals surface area (Å²) in [6.07, 6.45) is 2.36. The van der Waals surface area contributed by atoms with Gasteiger partial charge in [0.1, 0.15) is 17.7 Å². The third-order valence-corrected chi connectivity index (χ3v) is 5.27. The largest absolute Gasteiger partial charge is 0.390 e. The van der Waals surface area contributed by atoms with Crippen LogP contribution in [0.5, 0.6) is 0 Å². The van der Waals surface area contributed by atoms with Gasteiger partial charge >= 0.3 is 0 Å². The van der Waals surface area contributed by atoms with Gasteiger partial charge in [-0.1, -0.05) is 11.3 Å². The van der Waals surface area contributed by atoms with E-state index in [1.807, 2.05) is 19.2 Å². The SMILES string of the molecule is C[C@]1(O)C[C@@H](Nc2ncc3c(-c4ccc5nnn(CC(F)F)c5c4)c[nH]c3n2)C1. The quantitative estimate of drug-likeness (QED) is 0.477. The highest BCUT2D eigenvalue weighted by atomic mass is 19.3. The number of benzene rings is 1. The maximum absolute atomic E-state index is 12.8. The highest BCUT2D eigenvalue weighted by Gasteiger charge is 2.38. The van der Waals surface area contributed by atoms with Gasteiger partial charge in [-0.25, -0.2) is 18.4 Å². The van der Waals surface area contributed by atoms with Crippen LogP contribution >= 0.6 is 0 Å². The number of nitrogens with zero attached hydrogens (tertiary/aromatic N) is 5. The van der Waals surface area contributed by atoms with E-state index in [1.54, 1.807) is 18.3 Å². The summed E-state index contributed by atoms with van der Waals surface area (Å²) < 4.78 is 26.8. The number of fused-ring (bicyclic) bond motifs is 2. The lowest BCUT2D eigenvalue weighted by Gasteiger charge is -2.41. The van der Waals surface area contributed by atoms with Gasteiger partial charge in [0.05, 0.1) is 11.1 Å². The van der Waals surface area contributed by atoms with E-state index >= 15 is 0 Å². The first-order chi connectivity index (χ1) is 13.9. The molecular weight excluding hydrogens is 380 g/mol. The summed E-state index contributed by atoms with van der Waals surface area (Å²) in [4.78, 5) is 12.0. The smallest absolute Gasteiger partial charge is 0.258 e. The summed E-state index contributed by atoms with van der Waals surface area (Å²) in [5, 5.41) is 21.7. The van der Waals surface area contributed by atoms with Crippen LogP contribution in [0.1, 0.15) is 19.8 Å². The molecule has 5 rings (SSSR count). The lowest BCUT2D eigenvalue weighted by Crippen LogP contribution is -2.48. The zero-order chi connectivity index (χ0) is 20.2. The molecule has 1 aliphatic rings. The highest BCUT2D eigenvalue weighted by Crippen LogP contribution is 2.34. The van der Waals surface area contributed by atoms with Crippen LogP contribution in [0.15, 0.2) is 30.6 Å². The van der Waals surface area contributed by atoms with Gasteiger partial charge in [0.2, 0.25) is 5.95 Å². The molecule has 8 nitrogen and oxygen atoms in total. The van der Waals surface area contributed by atoms with E-state index in [0.717, 1.165) is 16.5 Å². The topological polar surface area (TPSA) is 105 Å². The molecule has 4 aromatic rings. The van der Waals surface area contributed by atoms with Crippen molar-refractivity contribution in [1.29, 1.82) is 0 Å². The van der Waals surface area contributed by atoms with Crippen molar-refractivity contribution in [1.82, 2.24) is 29.9 Å². The Bertz CT molecular complexity index is 1190. The molecule has 3 aromatic heterocycles. The predicted octanol–water partition coefficient (Wildman–Crippen LogP) is 2.96. The van der Waals surface area contributed by atoms with Crippen molar-refractivity contribution in [3.05, 3.63) is 30.6 Å². The minimum atomic E-state index is -2.50. The molecule has 10 heteroatoms. The van der Waals surface area contributed by atoms with E-state index in [4.69, 9.17) is 0 Å². The molecule has 1 saturated carbocycles. The number of aliphatic hydroxyl groups is 1. The standard InChI is InChI=1S/C19H19F2N7O/c1-19(29)5-11(6-19)24-18-23-8-13-12(7-22-17(13)25-18)10-2-3-14-15(4-10)28(27-26-14)9-16(20)21/h2-4,7-8,11,16,29H,5-6,9H2,1H3,(H2,22,23,24,25)/t11-,19+. The molecule has 0 radical (unpaired) electrons. The van der Waals surface area contributed by atoms with Crippen LogP contribution in [-0.4, -0.2) is 53.1 Å². The second-order valence-corrected chi connectivity index (χ2v) is 7.77. The zero-order valence-corrected chi connectivity index (χ0v) is 15.6. The minimum absolute atomic E-state index is 0.155. The predicted molar refractivity (Wildman–Crippen MR) is 104 cm³/mol. The molecule has 1 aliphatic carbocycles. The second kappa shape index (κ2) is 6.45. The third-order valence-electron chi connectivity index (χ3n) is 5.27. The molecule has 0 bridgehead atoms. The number of hydrogen-bond donors (Lipinski definition) is 3. The second-order valence-electron chi connectivity index (χ2n) is 7.77. The van der Waals surface area contributed by atoms with E-state index in [2.05, 4.69) is 30.6 Å². The first kappa shape index (κ1) is 17.9. The van der Waals surface area contributed by atoms with E-state index in [9.17, 15) is 13.9 Å². The summed E-state index contributed by atoms with van der Waals surface area (Å²) in [7, 11) is 0. The fraction of sp³-hybridized carbons (Fsp3) is 0.368. The molecule has 3 N–H and O–H groups in total. The van der Waals surface area contributed by atoms with Gasteiger partial charge in [-0.3, -0.25) is 0 Å². The Morgan fingerprint density at radius 1 is 1.38 bits per heavy atom. The summed E-state index contributed by atoms with van der Waals surface area (Å²) in [5.41, 5.74) is 2.86. The summed E-state index contributed by atoms with van der Waals surface area (Å²) in [5.74, 6) is 0.501. The fourth-order valence-corrected chi connectivity index (χ4v) is 3.90. The van der Waals surface area contributed by atoms with Crippen LogP contribution in [-0.2, 0) is 6.54 Å². The van der Waals surface area contributed by atoms with Gasteiger partial charge < -0.3 is 15.4 Å². The van der Waals surface area contributed by atoms with E-state index in [1.165, 1.54) is 4.68 Å². The molecule has 1 fully saturated rings. The molecule has 0 saturated heterocycles. The van der Waals surface area contributed by atoms with Crippen LogP contribution in [0.3, 0.4) is 0 Å². The van der Waals surface area contributed by atoms with Crippen molar-refractivity contribution in [2.24, 2.45) is 0 Å². The van der Waals surface area contributed by atoms with Crippen molar-refractivity contribution in [3.63, 3.8) is 0 Å². The average molecular weight is 399 g/mol. The van der Waals surface area contributed by atoms with Crippen molar-refractivity contribution < 1.29 is 13.9 Å². The van der Waals surface area contributed by atoms with E-state index in [0.29, 0.717) is 35.5 Å². The maximum Gasteiger partial charge on any atom is 0.258 e. The molecule has 0 spiro atoms. The molecule has 0 aliphatic heterocycles. The van der Waals surface area contributed by atoms with E-state index in [-0.39, 0.29) is 6.04 Å². The molecule has 0 atom stereocenters. The summed E-state index contributed by atoms with van der Waals surface area (Å²) in [6.45, 7) is 1.31. The number of hydrogen-bond acceptors (Lipinski definition) is 6. The highest BCUT2D eigenvalue weighted by molar-refractivity contribution is 5.95. The number of aromatic amines is 1. The number of aromatic nitrogens is 6. The number of alkyl halides is 2. The van der Waals surface area contributed by atoms with Crippen LogP contribution in [0.2, 0.25) is 0 Å². The maximum atomic E-state index is 12.8. The Morgan fingerprint density at radius 2 is 2.21 bits per heavy atom. The molecule has 0 amide bonds. The molecule has 1 aromatic carbocycles.